The van der Waals surface area contributed by atoms with Crippen LogP contribution in [-0.2, 0) is 27.5 Å². The molecule has 1 atom stereocenters. The summed E-state index contributed by atoms with van der Waals surface area (Å²) in [5.41, 5.74) is 1.19. The van der Waals surface area contributed by atoms with Crippen LogP contribution in [0.2, 0.25) is 0 Å². The summed E-state index contributed by atoms with van der Waals surface area (Å²) in [5.74, 6) is 0.674. The SMILES string of the molecule is CCC(CC)OCCC(C)CCC(=O)C(CC)(CC)OCc1ccc(CO)cc1. The Labute approximate surface area is 178 Å². The number of ketones is 1. The molecule has 0 heterocycles. The third-order valence-corrected chi connectivity index (χ3v) is 6.11. The van der Waals surface area contributed by atoms with Gasteiger partial charge < -0.3 is 14.6 Å². The van der Waals surface area contributed by atoms with Gasteiger partial charge >= 0.3 is 0 Å². The maximum absolute atomic E-state index is 13.0. The highest BCUT2D eigenvalue weighted by Gasteiger charge is 2.35. The first-order valence-electron chi connectivity index (χ1n) is 11.4. The van der Waals surface area contributed by atoms with Gasteiger partial charge in [-0.1, -0.05) is 58.9 Å². The number of aliphatic hydroxyl groups excluding tert-OH is 1. The lowest BCUT2D eigenvalue weighted by molar-refractivity contribution is -0.148. The van der Waals surface area contributed by atoms with Gasteiger partial charge in [-0.15, -0.1) is 0 Å². The number of carbonyl (C=O) groups excluding carboxylic acids is 1. The molecule has 0 saturated heterocycles. The molecule has 1 N–H and O–H groups in total. The van der Waals surface area contributed by atoms with Crippen molar-refractivity contribution >= 4 is 5.78 Å². The number of hydrogen-bond donors (Lipinski definition) is 1. The first kappa shape index (κ1) is 25.8. The molecule has 0 aromatic heterocycles. The van der Waals surface area contributed by atoms with Gasteiger partial charge in [0.15, 0.2) is 5.78 Å². The molecule has 1 aromatic carbocycles. The molecule has 0 saturated carbocycles. The van der Waals surface area contributed by atoms with Gasteiger partial charge in [0.2, 0.25) is 0 Å². The summed E-state index contributed by atoms with van der Waals surface area (Å²) < 4.78 is 12.1. The fourth-order valence-corrected chi connectivity index (χ4v) is 3.60. The van der Waals surface area contributed by atoms with Crippen LogP contribution in [0, 0.1) is 5.92 Å². The van der Waals surface area contributed by atoms with Gasteiger partial charge in [0, 0.05) is 13.0 Å². The zero-order valence-corrected chi connectivity index (χ0v) is 19.2. The summed E-state index contributed by atoms with van der Waals surface area (Å²) in [6.07, 6.45) is 6.26. The van der Waals surface area contributed by atoms with Crippen LogP contribution < -0.4 is 0 Å². The summed E-state index contributed by atoms with van der Waals surface area (Å²) in [6, 6.07) is 7.69. The van der Waals surface area contributed by atoms with Crippen LogP contribution in [0.4, 0.5) is 0 Å². The molecule has 0 radical (unpaired) electrons. The van der Waals surface area contributed by atoms with E-state index in [-0.39, 0.29) is 12.4 Å². The molecule has 0 fully saturated rings. The Morgan fingerprint density at radius 1 is 1.00 bits per heavy atom. The number of benzene rings is 1. The molecule has 29 heavy (non-hydrogen) atoms. The third kappa shape index (κ3) is 8.57. The minimum Gasteiger partial charge on any atom is -0.392 e. The lowest BCUT2D eigenvalue weighted by Crippen LogP contribution is -2.40. The molecule has 4 nitrogen and oxygen atoms in total. The second-order valence-corrected chi connectivity index (χ2v) is 8.13. The van der Waals surface area contributed by atoms with Crippen molar-refractivity contribution in [3.63, 3.8) is 0 Å². The van der Waals surface area contributed by atoms with E-state index in [1.165, 1.54) is 0 Å². The van der Waals surface area contributed by atoms with Crippen molar-refractivity contribution in [3.8, 4) is 0 Å². The van der Waals surface area contributed by atoms with Gasteiger partial charge in [-0.3, -0.25) is 4.79 Å². The third-order valence-electron chi connectivity index (χ3n) is 6.11. The van der Waals surface area contributed by atoms with Crippen molar-refractivity contribution in [2.45, 2.75) is 104 Å². The number of ether oxygens (including phenoxy) is 2. The standard InChI is InChI=1S/C25H42O4/c1-6-23(7-2)28-17-16-20(5)10-15-24(27)25(8-3,9-4)29-19-22-13-11-21(18-26)12-14-22/h11-14,20,23,26H,6-10,15-19H2,1-5H3. The van der Waals surface area contributed by atoms with Crippen LogP contribution in [0.5, 0.6) is 0 Å². The molecule has 1 unspecified atom stereocenters. The summed E-state index contributed by atoms with van der Waals surface area (Å²) in [6.45, 7) is 11.8. The van der Waals surface area contributed by atoms with Crippen LogP contribution in [-0.4, -0.2) is 29.2 Å². The smallest absolute Gasteiger partial charge is 0.164 e. The molecule has 0 aliphatic carbocycles. The average molecular weight is 407 g/mol. The molecule has 0 spiro atoms. The predicted molar refractivity (Wildman–Crippen MR) is 119 cm³/mol. The van der Waals surface area contributed by atoms with Gasteiger partial charge in [-0.2, -0.15) is 0 Å². The minimum absolute atomic E-state index is 0.0360. The van der Waals surface area contributed by atoms with E-state index >= 15 is 0 Å². The fraction of sp³-hybridized carbons (Fsp3) is 0.720. The molecule has 0 amide bonds. The van der Waals surface area contributed by atoms with E-state index in [2.05, 4.69) is 20.8 Å². The van der Waals surface area contributed by atoms with Crippen molar-refractivity contribution in [2.24, 2.45) is 5.92 Å². The van der Waals surface area contributed by atoms with Gasteiger partial charge in [0.1, 0.15) is 5.60 Å². The van der Waals surface area contributed by atoms with Crippen molar-refractivity contribution in [3.05, 3.63) is 35.4 Å². The first-order valence-corrected chi connectivity index (χ1v) is 11.4. The average Bonchev–Trinajstić information content (AvgIpc) is 2.76. The zero-order valence-electron chi connectivity index (χ0n) is 19.2. The second kappa shape index (κ2) is 13.9. The number of aliphatic hydroxyl groups is 1. The number of Topliss-reactive ketones (excluding diaryl/α,β-unsaturated/α-hetero) is 1. The minimum atomic E-state index is -0.707. The molecular weight excluding hydrogens is 364 g/mol. The van der Waals surface area contributed by atoms with Crippen LogP contribution in [0.3, 0.4) is 0 Å². The largest absolute Gasteiger partial charge is 0.392 e. The quantitative estimate of drug-likeness (QED) is 0.375. The first-order chi connectivity index (χ1) is 13.9. The molecule has 166 valence electrons. The van der Waals surface area contributed by atoms with Crippen molar-refractivity contribution in [1.29, 1.82) is 0 Å². The van der Waals surface area contributed by atoms with E-state index in [4.69, 9.17) is 14.6 Å². The molecule has 1 rings (SSSR count). The summed E-state index contributed by atoms with van der Waals surface area (Å²) >= 11 is 0. The van der Waals surface area contributed by atoms with E-state index in [1.54, 1.807) is 0 Å². The van der Waals surface area contributed by atoms with Crippen molar-refractivity contribution in [1.82, 2.24) is 0 Å². The highest BCUT2D eigenvalue weighted by atomic mass is 16.5. The summed E-state index contributed by atoms with van der Waals surface area (Å²) in [4.78, 5) is 13.0. The number of rotatable bonds is 16. The van der Waals surface area contributed by atoms with E-state index in [9.17, 15) is 4.79 Å². The van der Waals surface area contributed by atoms with E-state index in [0.29, 0.717) is 37.9 Å². The van der Waals surface area contributed by atoms with Crippen LogP contribution >= 0.6 is 0 Å². The lowest BCUT2D eigenvalue weighted by atomic mass is 9.87. The Morgan fingerprint density at radius 3 is 2.10 bits per heavy atom. The maximum atomic E-state index is 13.0. The Morgan fingerprint density at radius 2 is 1.59 bits per heavy atom. The highest BCUT2D eigenvalue weighted by molar-refractivity contribution is 5.87. The lowest BCUT2D eigenvalue weighted by Gasteiger charge is -2.31. The Hall–Kier alpha value is -1.23. The fourth-order valence-electron chi connectivity index (χ4n) is 3.60. The molecule has 1 aromatic rings. The monoisotopic (exact) mass is 406 g/mol. The second-order valence-electron chi connectivity index (χ2n) is 8.13. The van der Waals surface area contributed by atoms with E-state index < -0.39 is 5.60 Å². The summed E-state index contributed by atoms with van der Waals surface area (Å²) in [7, 11) is 0. The number of carbonyl (C=O) groups is 1. The Kier molecular flexibility index (Phi) is 12.4. The van der Waals surface area contributed by atoms with E-state index in [1.807, 2.05) is 38.1 Å². The summed E-state index contributed by atoms with van der Waals surface area (Å²) in [5, 5.41) is 9.16. The maximum Gasteiger partial charge on any atom is 0.164 e. The topological polar surface area (TPSA) is 55.8 Å². The molecular formula is C25H42O4. The zero-order chi connectivity index (χ0) is 21.7. The predicted octanol–water partition coefficient (Wildman–Crippen LogP) is 5.84. The molecule has 0 aliphatic heterocycles. The van der Waals surface area contributed by atoms with Crippen LogP contribution in [0.15, 0.2) is 24.3 Å². The van der Waals surface area contributed by atoms with Crippen LogP contribution in [0.25, 0.3) is 0 Å². The number of hydrogen-bond acceptors (Lipinski definition) is 4. The van der Waals surface area contributed by atoms with Crippen LogP contribution in [0.1, 0.15) is 90.7 Å². The Balaban J connectivity index is 2.52. The van der Waals surface area contributed by atoms with Gasteiger partial charge in [-0.05, 0) is 55.6 Å². The Bertz CT molecular complexity index is 559. The normalized spacial score (nSPS) is 13.1. The van der Waals surface area contributed by atoms with E-state index in [0.717, 1.165) is 43.4 Å². The van der Waals surface area contributed by atoms with Gasteiger partial charge in [0.05, 0.1) is 19.3 Å². The molecule has 0 aliphatic rings. The molecule has 4 heteroatoms. The highest BCUT2D eigenvalue weighted by Crippen LogP contribution is 2.27. The van der Waals surface area contributed by atoms with Crippen molar-refractivity contribution in [2.75, 3.05) is 6.61 Å². The van der Waals surface area contributed by atoms with Crippen molar-refractivity contribution < 1.29 is 19.4 Å². The van der Waals surface area contributed by atoms with Gasteiger partial charge in [-0.25, -0.2) is 0 Å². The molecule has 0 bridgehead atoms. The van der Waals surface area contributed by atoms with Gasteiger partial charge in [0.25, 0.3) is 0 Å².